The van der Waals surface area contributed by atoms with Crippen LogP contribution in [0, 0.1) is 13.8 Å². The summed E-state index contributed by atoms with van der Waals surface area (Å²) in [6.45, 7) is 4.24. The minimum atomic E-state index is 0.870. The average molecular weight is 349 g/mol. The number of aromatic nitrogens is 1. The topological polar surface area (TPSA) is 38.9 Å². The lowest BCUT2D eigenvalue weighted by molar-refractivity contribution is 0.686. The average Bonchev–Trinajstić information content (AvgIpc) is 3.10. The molecule has 0 spiro atoms. The number of nitrogens with two attached hydrogens (primary N) is 1. The summed E-state index contributed by atoms with van der Waals surface area (Å²) in [5.74, 6) is 0. The van der Waals surface area contributed by atoms with Crippen LogP contribution in [0.2, 0.25) is 0 Å². The van der Waals surface area contributed by atoms with Crippen LogP contribution in [0.25, 0.3) is 11.3 Å². The van der Waals surface area contributed by atoms with Gasteiger partial charge in [-0.05, 0) is 79.5 Å². The first kappa shape index (κ1) is 16.3. The minimum absolute atomic E-state index is 0.870. The number of rotatable bonds is 3. The Morgan fingerprint density at radius 3 is 2.64 bits per heavy atom. The van der Waals surface area contributed by atoms with E-state index in [1.807, 2.05) is 6.07 Å². The zero-order valence-electron chi connectivity index (χ0n) is 14.9. The van der Waals surface area contributed by atoms with E-state index in [1.54, 1.807) is 11.3 Å². The maximum atomic E-state index is 6.01. The van der Waals surface area contributed by atoms with Gasteiger partial charge in [0.25, 0.3) is 0 Å². The first-order valence-electron chi connectivity index (χ1n) is 9.03. The summed E-state index contributed by atoms with van der Waals surface area (Å²) in [6, 6.07) is 11.0. The van der Waals surface area contributed by atoms with Gasteiger partial charge in [0.15, 0.2) is 0 Å². The third-order valence-electron chi connectivity index (χ3n) is 5.48. The molecule has 1 aliphatic rings. The summed E-state index contributed by atoms with van der Waals surface area (Å²) in [6.07, 6.45) is 5.96. The fraction of sp³-hybridized carbons (Fsp3) is 0.318. The van der Waals surface area contributed by atoms with Crippen LogP contribution in [-0.2, 0) is 19.3 Å². The van der Waals surface area contributed by atoms with Gasteiger partial charge in [0, 0.05) is 23.1 Å². The molecule has 2 N–H and O–H groups in total. The third-order valence-corrected chi connectivity index (χ3v) is 6.33. The molecule has 3 heteroatoms. The molecule has 0 saturated carbocycles. The van der Waals surface area contributed by atoms with E-state index < -0.39 is 0 Å². The lowest BCUT2D eigenvalue weighted by Crippen LogP contribution is -2.02. The van der Waals surface area contributed by atoms with Crippen molar-refractivity contribution in [1.29, 1.82) is 0 Å². The molecule has 0 atom stereocenters. The van der Waals surface area contributed by atoms with Gasteiger partial charge in [-0.3, -0.25) is 0 Å². The van der Waals surface area contributed by atoms with E-state index in [0.29, 0.717) is 0 Å². The monoisotopic (exact) mass is 348 g/mol. The summed E-state index contributed by atoms with van der Waals surface area (Å²) in [4.78, 5) is 4.91. The number of hydrogen-bond acceptors (Lipinski definition) is 3. The number of nitrogen functional groups attached to an aromatic ring is 1. The van der Waals surface area contributed by atoms with Crippen molar-refractivity contribution in [1.82, 2.24) is 4.98 Å². The predicted octanol–water partition coefficient (Wildman–Crippen LogP) is 5.48. The molecule has 25 heavy (non-hydrogen) atoms. The van der Waals surface area contributed by atoms with Gasteiger partial charge < -0.3 is 5.73 Å². The summed E-state index contributed by atoms with van der Waals surface area (Å²) in [5, 5.41) is 3.36. The molecular formula is C22H24N2S. The van der Waals surface area contributed by atoms with E-state index >= 15 is 0 Å². The van der Waals surface area contributed by atoms with Crippen molar-refractivity contribution in [2.24, 2.45) is 0 Å². The number of anilines is 1. The van der Waals surface area contributed by atoms with E-state index in [0.717, 1.165) is 17.8 Å². The van der Waals surface area contributed by atoms with Crippen LogP contribution in [-0.4, -0.2) is 4.98 Å². The van der Waals surface area contributed by atoms with Crippen LogP contribution in [0.3, 0.4) is 0 Å². The number of aryl methyl sites for hydroxylation is 2. The predicted molar refractivity (Wildman–Crippen MR) is 107 cm³/mol. The molecule has 0 aliphatic heterocycles. The highest BCUT2D eigenvalue weighted by atomic mass is 32.1. The second-order valence-electron chi connectivity index (χ2n) is 7.06. The first-order chi connectivity index (χ1) is 12.1. The Morgan fingerprint density at radius 2 is 1.80 bits per heavy atom. The third kappa shape index (κ3) is 3.21. The molecule has 0 bridgehead atoms. The van der Waals surface area contributed by atoms with Gasteiger partial charge in [-0.2, -0.15) is 0 Å². The number of thiazole rings is 1. The largest absolute Gasteiger partial charge is 0.399 e. The Bertz CT molecular complexity index is 924. The summed E-state index contributed by atoms with van der Waals surface area (Å²) in [5.41, 5.74) is 16.1. The molecule has 0 unspecified atom stereocenters. The zero-order chi connectivity index (χ0) is 17.4. The van der Waals surface area contributed by atoms with Crippen molar-refractivity contribution < 1.29 is 0 Å². The van der Waals surface area contributed by atoms with E-state index in [4.69, 9.17) is 10.7 Å². The quantitative estimate of drug-likeness (QED) is 0.637. The smallest absolute Gasteiger partial charge is 0.0976 e. The molecular weight excluding hydrogens is 324 g/mol. The van der Waals surface area contributed by atoms with Gasteiger partial charge in [-0.15, -0.1) is 11.3 Å². The second-order valence-corrected chi connectivity index (χ2v) is 8.00. The van der Waals surface area contributed by atoms with Crippen molar-refractivity contribution in [3.05, 3.63) is 68.5 Å². The second kappa shape index (κ2) is 6.64. The van der Waals surface area contributed by atoms with Gasteiger partial charge in [0.1, 0.15) is 0 Å². The van der Waals surface area contributed by atoms with Crippen LogP contribution in [0.5, 0.6) is 0 Å². The molecule has 1 aliphatic carbocycles. The molecule has 0 amide bonds. The maximum absolute atomic E-state index is 6.01. The lowest BCUT2D eigenvalue weighted by atomic mass is 9.90. The minimum Gasteiger partial charge on any atom is -0.399 e. The highest BCUT2D eigenvalue weighted by molar-refractivity contribution is 7.10. The van der Waals surface area contributed by atoms with E-state index in [-0.39, 0.29) is 0 Å². The first-order valence-corrected chi connectivity index (χ1v) is 9.91. The highest BCUT2D eigenvalue weighted by Gasteiger charge is 2.13. The van der Waals surface area contributed by atoms with Gasteiger partial charge in [-0.25, -0.2) is 4.98 Å². The van der Waals surface area contributed by atoms with Crippen LogP contribution < -0.4 is 5.73 Å². The van der Waals surface area contributed by atoms with Gasteiger partial charge in [-0.1, -0.05) is 18.2 Å². The van der Waals surface area contributed by atoms with Crippen molar-refractivity contribution >= 4 is 17.0 Å². The van der Waals surface area contributed by atoms with Crippen molar-refractivity contribution in [2.45, 2.75) is 46.0 Å². The lowest BCUT2D eigenvalue weighted by Gasteiger charge is -2.16. The number of benzene rings is 2. The molecule has 128 valence electrons. The van der Waals surface area contributed by atoms with E-state index in [1.165, 1.54) is 64.1 Å². The van der Waals surface area contributed by atoms with Crippen molar-refractivity contribution in [3.63, 3.8) is 0 Å². The summed E-state index contributed by atoms with van der Waals surface area (Å²) < 4.78 is 0. The van der Waals surface area contributed by atoms with Gasteiger partial charge in [0.05, 0.1) is 10.7 Å². The van der Waals surface area contributed by atoms with Crippen LogP contribution >= 0.6 is 11.3 Å². The van der Waals surface area contributed by atoms with Crippen LogP contribution in [0.4, 0.5) is 5.69 Å². The highest BCUT2D eigenvalue weighted by Crippen LogP contribution is 2.29. The standard InChI is InChI=1S/C22H24N2S/c1-14-15(2)20(23)10-9-17(14)12-22-24-21(13-25-22)19-8-7-16-5-3-4-6-18(16)11-19/h7-11,13H,3-6,12,23H2,1-2H3. The SMILES string of the molecule is Cc1c(N)ccc(Cc2nc(-c3ccc4c(c3)CCCC4)cs2)c1C. The molecule has 1 aromatic heterocycles. The van der Waals surface area contributed by atoms with Crippen molar-refractivity contribution in [3.8, 4) is 11.3 Å². The Morgan fingerprint density at radius 1 is 1.00 bits per heavy atom. The molecule has 1 heterocycles. The van der Waals surface area contributed by atoms with Crippen LogP contribution in [0.15, 0.2) is 35.7 Å². The number of hydrogen-bond donors (Lipinski definition) is 1. The molecule has 2 aromatic carbocycles. The molecule has 4 rings (SSSR count). The fourth-order valence-corrected chi connectivity index (χ4v) is 4.50. The molecule has 3 aromatic rings. The zero-order valence-corrected chi connectivity index (χ0v) is 15.7. The Labute approximate surface area is 153 Å². The Hall–Kier alpha value is -2.13. The maximum Gasteiger partial charge on any atom is 0.0976 e. The molecule has 2 nitrogen and oxygen atoms in total. The van der Waals surface area contributed by atoms with E-state index in [9.17, 15) is 0 Å². The molecule has 0 radical (unpaired) electrons. The van der Waals surface area contributed by atoms with E-state index in [2.05, 4.69) is 43.5 Å². The van der Waals surface area contributed by atoms with Crippen LogP contribution in [0.1, 0.15) is 45.7 Å². The molecule has 0 saturated heterocycles. The van der Waals surface area contributed by atoms with Gasteiger partial charge in [0.2, 0.25) is 0 Å². The molecule has 0 fully saturated rings. The summed E-state index contributed by atoms with van der Waals surface area (Å²) >= 11 is 1.75. The Balaban J connectivity index is 1.59. The number of nitrogens with zero attached hydrogens (tertiary/aromatic N) is 1. The van der Waals surface area contributed by atoms with Crippen molar-refractivity contribution in [2.75, 3.05) is 5.73 Å². The van der Waals surface area contributed by atoms with Gasteiger partial charge >= 0.3 is 0 Å². The Kier molecular flexibility index (Phi) is 4.34. The normalized spacial score (nSPS) is 13.7. The fourth-order valence-electron chi connectivity index (χ4n) is 3.67. The summed E-state index contributed by atoms with van der Waals surface area (Å²) in [7, 11) is 0. The number of fused-ring (bicyclic) bond motifs is 1.